The summed E-state index contributed by atoms with van der Waals surface area (Å²) in [5, 5.41) is 44.2. The fourth-order valence-corrected chi connectivity index (χ4v) is 1.71. The molecule has 18 nitrogen and oxygen atoms in total. The minimum absolute atomic E-state index is 0.484. The number of unbranched alkanes of at least 4 members (excludes halogenated alkanes) is 2. The monoisotopic (exact) mass is 522 g/mol. The lowest BCUT2D eigenvalue weighted by Crippen LogP contribution is -2.03. The Hall–Kier alpha value is -5.13. The van der Waals surface area contributed by atoms with Crippen LogP contribution in [0.3, 0.4) is 0 Å². The van der Waals surface area contributed by atoms with Gasteiger partial charge in [0.15, 0.2) is 0 Å². The Balaban J connectivity index is -0.000000439. The van der Waals surface area contributed by atoms with E-state index in [1.165, 1.54) is 5.92 Å². The van der Waals surface area contributed by atoms with Crippen LogP contribution in [0.4, 0.5) is 0 Å². The highest BCUT2D eigenvalue weighted by atomic mass is 16.4. The molecular weight excluding hydrogens is 492 g/mol. The molecule has 2 aromatic heterocycles. The summed E-state index contributed by atoms with van der Waals surface area (Å²) >= 11 is 0. The van der Waals surface area contributed by atoms with Crippen molar-refractivity contribution >= 4 is 17.9 Å². The number of nitrogens with zero attached hydrogens (tertiary/aromatic N) is 12. The second-order valence-electron chi connectivity index (χ2n) is 6.14. The molecule has 0 amide bonds. The summed E-state index contributed by atoms with van der Waals surface area (Å²) in [5.74, 6) is -1.44. The van der Waals surface area contributed by atoms with Gasteiger partial charge in [0, 0.05) is 68.2 Å². The lowest BCUT2D eigenvalue weighted by Gasteiger charge is -2.00. The summed E-state index contributed by atoms with van der Waals surface area (Å²) < 4.78 is 3.67. The van der Waals surface area contributed by atoms with E-state index >= 15 is 0 Å². The van der Waals surface area contributed by atoms with Crippen LogP contribution in [0.5, 0.6) is 0 Å². The molecule has 0 aromatic carbocycles. The molecule has 0 saturated heterocycles. The van der Waals surface area contributed by atoms with Crippen molar-refractivity contribution < 1.29 is 29.7 Å². The van der Waals surface area contributed by atoms with Crippen LogP contribution in [0.15, 0.2) is 35.0 Å². The number of carbonyl (C=O) groups is 3. The van der Waals surface area contributed by atoms with E-state index in [0.29, 0.717) is 13.1 Å². The zero-order chi connectivity index (χ0) is 28.7. The van der Waals surface area contributed by atoms with Gasteiger partial charge in [-0.05, 0) is 36.7 Å². The van der Waals surface area contributed by atoms with Crippen LogP contribution in [-0.4, -0.2) is 76.3 Å². The van der Waals surface area contributed by atoms with Crippen LogP contribution in [0.25, 0.3) is 20.9 Å². The molecule has 0 aliphatic heterocycles. The van der Waals surface area contributed by atoms with Gasteiger partial charge >= 0.3 is 5.97 Å². The topological polar surface area (TPSA) is 271 Å². The highest BCUT2D eigenvalue weighted by molar-refractivity contribution is 5.85. The molecule has 18 heteroatoms. The maximum absolute atomic E-state index is 9.13. The third-order valence-corrected chi connectivity index (χ3v) is 2.98. The number of rotatable bonds is 10. The first-order chi connectivity index (χ1) is 17.6. The van der Waals surface area contributed by atoms with Crippen LogP contribution in [0.1, 0.15) is 39.5 Å². The van der Waals surface area contributed by atoms with Gasteiger partial charge in [0.2, 0.25) is 0 Å². The first kappa shape index (κ1) is 36.4. The molecule has 0 fully saturated rings. The van der Waals surface area contributed by atoms with Gasteiger partial charge < -0.3 is 15.3 Å². The summed E-state index contributed by atoms with van der Waals surface area (Å²) in [6.45, 7) is 4.96. The molecule has 0 radical (unpaired) electrons. The molecule has 2 heterocycles. The number of azide groups is 2. The second-order valence-corrected chi connectivity index (χ2v) is 6.14. The molecule has 3 N–H and O–H groups in total. The van der Waals surface area contributed by atoms with Crippen molar-refractivity contribution in [3.8, 4) is 12.3 Å². The molecule has 202 valence electrons. The number of aliphatic carboxylic acids is 3. The van der Waals surface area contributed by atoms with Crippen molar-refractivity contribution in [3.05, 3.63) is 45.7 Å². The predicted octanol–water partition coefficient (Wildman–Crippen LogP) is 2.62. The molecule has 0 atom stereocenters. The zero-order valence-electron chi connectivity index (χ0n) is 20.5. The fourth-order valence-electron chi connectivity index (χ4n) is 1.71. The first-order valence-electron chi connectivity index (χ1n) is 10.4. The summed E-state index contributed by atoms with van der Waals surface area (Å²) in [4.78, 5) is 32.3. The lowest BCUT2D eigenvalue weighted by molar-refractivity contribution is -0.135. The smallest absolute Gasteiger partial charge is 0.381 e. The number of aromatic nitrogens is 6. The van der Waals surface area contributed by atoms with Crippen LogP contribution in [0.2, 0.25) is 0 Å². The predicted molar refractivity (Wildman–Crippen MR) is 130 cm³/mol. The zero-order valence-corrected chi connectivity index (χ0v) is 20.5. The molecule has 0 spiro atoms. The maximum atomic E-state index is 9.13. The first-order valence-corrected chi connectivity index (χ1v) is 10.4. The average molecular weight is 523 g/mol. The number of terminal acetylenes is 1. The maximum Gasteiger partial charge on any atom is 0.381 e. The van der Waals surface area contributed by atoms with Crippen LogP contribution in [-0.2, 0) is 27.5 Å². The molecular formula is C19H30N12O6. The molecule has 0 aliphatic rings. The van der Waals surface area contributed by atoms with Crippen LogP contribution in [0, 0.1) is 12.3 Å². The van der Waals surface area contributed by atoms with Crippen LogP contribution < -0.4 is 0 Å². The van der Waals surface area contributed by atoms with E-state index in [9.17, 15) is 0 Å². The second kappa shape index (κ2) is 28.9. The molecule has 0 saturated carbocycles. The van der Waals surface area contributed by atoms with E-state index in [-0.39, 0.29) is 0 Å². The van der Waals surface area contributed by atoms with E-state index in [0.717, 1.165) is 52.6 Å². The molecule has 37 heavy (non-hydrogen) atoms. The Morgan fingerprint density at radius 1 is 0.838 bits per heavy atom. The molecule has 0 unspecified atom stereocenters. The summed E-state index contributed by atoms with van der Waals surface area (Å²) in [6.07, 6.45) is 15.2. The van der Waals surface area contributed by atoms with Crippen molar-refractivity contribution in [2.75, 3.05) is 13.1 Å². The average Bonchev–Trinajstić information content (AvgIpc) is 3.54. The quantitative estimate of drug-likeness (QED) is 0.135. The SMILES string of the molecule is C#CC(=O)O.CC(=O)O.CC(=O)O.[N-]=[N+]=NCCCCN=[N+]=[N-].c1cn(CCCCn2ccnn2)nn1. The third-order valence-electron chi connectivity index (χ3n) is 2.98. The van der Waals surface area contributed by atoms with Crippen LogP contribution >= 0.6 is 0 Å². The molecule has 0 bridgehead atoms. The Bertz CT molecular complexity index is 900. The van der Waals surface area contributed by atoms with Gasteiger partial charge in [0.05, 0.1) is 12.4 Å². The fraction of sp³-hybridized carbons (Fsp3) is 0.526. The van der Waals surface area contributed by atoms with E-state index in [4.69, 9.17) is 40.8 Å². The summed E-state index contributed by atoms with van der Waals surface area (Å²) in [5.41, 5.74) is 15.7. The number of hydrogen-bond acceptors (Lipinski definition) is 9. The highest BCUT2D eigenvalue weighted by Crippen LogP contribution is 1.96. The number of carboxylic acids is 3. The van der Waals surface area contributed by atoms with Crippen molar-refractivity contribution in [3.63, 3.8) is 0 Å². The van der Waals surface area contributed by atoms with Gasteiger partial charge in [-0.25, -0.2) is 4.79 Å². The van der Waals surface area contributed by atoms with Crippen molar-refractivity contribution in [2.24, 2.45) is 10.2 Å². The van der Waals surface area contributed by atoms with E-state index in [1.54, 1.807) is 12.4 Å². The number of carboxylic acid groups (broad SMARTS) is 3. The van der Waals surface area contributed by atoms with Gasteiger partial charge in [-0.1, -0.05) is 20.7 Å². The van der Waals surface area contributed by atoms with E-state index in [1.807, 2.05) is 21.8 Å². The van der Waals surface area contributed by atoms with Crippen molar-refractivity contribution in [1.82, 2.24) is 30.0 Å². The minimum atomic E-state index is -1.22. The van der Waals surface area contributed by atoms with Gasteiger partial charge in [0.1, 0.15) is 0 Å². The third kappa shape index (κ3) is 41.6. The van der Waals surface area contributed by atoms with Gasteiger partial charge in [-0.2, -0.15) is 0 Å². The molecule has 0 aliphatic carbocycles. The van der Waals surface area contributed by atoms with Gasteiger partial charge in [-0.3, -0.25) is 19.0 Å². The lowest BCUT2D eigenvalue weighted by atomic mass is 10.3. The van der Waals surface area contributed by atoms with E-state index in [2.05, 4.69) is 47.1 Å². The molecule has 2 rings (SSSR count). The number of aryl methyl sites for hydroxylation is 2. The Morgan fingerprint density at radius 2 is 1.16 bits per heavy atom. The number of hydrogen-bond donors (Lipinski definition) is 3. The van der Waals surface area contributed by atoms with Gasteiger partial charge in [-0.15, -0.1) is 16.6 Å². The Morgan fingerprint density at radius 3 is 1.38 bits per heavy atom. The van der Waals surface area contributed by atoms with E-state index < -0.39 is 17.9 Å². The normalized spacial score (nSPS) is 8.14. The molecule has 2 aromatic rings. The standard InChI is InChI=1S/C8H12N6.C4H8N6.C3H2O2.2C2H4O2/c1(5-13-7-3-9-11-13)2-6-14-8-4-10-12-14;5-9-7-3-1-2-4-8-10-6;1-2-3(4)5;2*1-2(3)4/h3-4,7-8H,1-2,5-6H2;1-4H2;1H,(H,4,5);2*1H3,(H,3,4). The summed E-state index contributed by atoms with van der Waals surface area (Å²) in [6, 6.07) is 0. The Kier molecular flexibility index (Phi) is 28.5. The van der Waals surface area contributed by atoms with Crippen molar-refractivity contribution in [1.29, 1.82) is 0 Å². The Labute approximate surface area is 212 Å². The minimum Gasteiger partial charge on any atom is -0.481 e. The highest BCUT2D eigenvalue weighted by Gasteiger charge is 1.94. The van der Waals surface area contributed by atoms with Crippen molar-refractivity contribution in [2.45, 2.75) is 52.6 Å². The largest absolute Gasteiger partial charge is 0.481 e. The van der Waals surface area contributed by atoms with Gasteiger partial charge in [0.25, 0.3) is 11.9 Å². The summed E-state index contributed by atoms with van der Waals surface area (Å²) in [7, 11) is 0.